The zero-order valence-corrected chi connectivity index (χ0v) is 15.1. The molecule has 27 heavy (non-hydrogen) atoms. The van der Waals surface area contributed by atoms with Gasteiger partial charge >= 0.3 is 0 Å². The van der Waals surface area contributed by atoms with Crippen LogP contribution in [0.1, 0.15) is 5.69 Å². The maximum Gasteiger partial charge on any atom is 0.235 e. The van der Waals surface area contributed by atoms with E-state index in [0.717, 1.165) is 23.3 Å². The van der Waals surface area contributed by atoms with Crippen molar-refractivity contribution in [1.29, 1.82) is 0 Å². The van der Waals surface area contributed by atoms with Crippen LogP contribution in [0.25, 0.3) is 11.0 Å². The van der Waals surface area contributed by atoms with E-state index in [4.69, 9.17) is 0 Å². The van der Waals surface area contributed by atoms with E-state index in [2.05, 4.69) is 29.8 Å². The Labute approximate surface area is 158 Å². The number of benzene rings is 1. The first kappa shape index (κ1) is 15.9. The molecule has 0 atom stereocenters. The van der Waals surface area contributed by atoms with Gasteiger partial charge in [-0.3, -0.25) is 9.69 Å². The minimum Gasteiger partial charge on any atom is -0.308 e. The van der Waals surface area contributed by atoms with E-state index in [0.29, 0.717) is 23.6 Å². The summed E-state index contributed by atoms with van der Waals surface area (Å²) in [7, 11) is 0. The third-order valence-electron chi connectivity index (χ3n) is 4.39. The summed E-state index contributed by atoms with van der Waals surface area (Å²) < 4.78 is 2.09. The quantitative estimate of drug-likeness (QED) is 0.588. The molecule has 0 fully saturated rings. The largest absolute Gasteiger partial charge is 0.308 e. The van der Waals surface area contributed by atoms with Crippen molar-refractivity contribution < 1.29 is 4.79 Å². The molecule has 1 aliphatic rings. The van der Waals surface area contributed by atoms with Gasteiger partial charge in [-0.15, -0.1) is 11.3 Å². The topological polar surface area (TPSA) is 88.8 Å². The third-order valence-corrected chi connectivity index (χ3v) is 5.20. The Hall–Kier alpha value is -3.33. The Morgan fingerprint density at radius 2 is 1.96 bits per heavy atom. The molecule has 9 heteroatoms. The predicted molar refractivity (Wildman–Crippen MR) is 103 cm³/mol. The van der Waals surface area contributed by atoms with Crippen molar-refractivity contribution in [3.05, 3.63) is 53.8 Å². The zero-order chi connectivity index (χ0) is 18.2. The number of hydrogen-bond donors (Lipinski definition) is 1. The van der Waals surface area contributed by atoms with Crippen LogP contribution in [0.4, 0.5) is 17.0 Å². The average Bonchev–Trinajstić information content (AvgIpc) is 3.38. The van der Waals surface area contributed by atoms with Gasteiger partial charge in [0, 0.05) is 30.9 Å². The van der Waals surface area contributed by atoms with Gasteiger partial charge in [-0.1, -0.05) is 12.1 Å². The molecule has 0 aliphatic carbocycles. The Bertz CT molecular complexity index is 1120. The first-order chi connectivity index (χ1) is 13.3. The molecule has 1 N–H and O–H groups in total. The van der Waals surface area contributed by atoms with Crippen LogP contribution in [0.5, 0.6) is 0 Å². The number of anilines is 3. The smallest absolute Gasteiger partial charge is 0.235 e. The summed E-state index contributed by atoms with van der Waals surface area (Å²) in [6.45, 7) is 1.40. The Kier molecular flexibility index (Phi) is 3.79. The molecule has 1 aliphatic heterocycles. The lowest BCUT2D eigenvalue weighted by Crippen LogP contribution is -2.31. The Morgan fingerprint density at radius 1 is 1.11 bits per heavy atom. The van der Waals surface area contributed by atoms with Gasteiger partial charge in [-0.05, 0) is 18.2 Å². The van der Waals surface area contributed by atoms with Crippen molar-refractivity contribution in [2.45, 2.75) is 13.0 Å². The lowest BCUT2D eigenvalue weighted by molar-refractivity contribution is -0.117. The number of nitrogens with zero attached hydrogens (tertiary/aromatic N) is 6. The number of rotatable bonds is 4. The average molecular weight is 377 g/mol. The highest BCUT2D eigenvalue weighted by Gasteiger charge is 2.28. The van der Waals surface area contributed by atoms with Crippen LogP contribution >= 0.6 is 11.3 Å². The summed E-state index contributed by atoms with van der Waals surface area (Å²) >= 11 is 1.42. The van der Waals surface area contributed by atoms with Gasteiger partial charge in [0.25, 0.3) is 0 Å². The zero-order valence-electron chi connectivity index (χ0n) is 14.2. The molecule has 0 bridgehead atoms. The fourth-order valence-electron chi connectivity index (χ4n) is 3.18. The van der Waals surface area contributed by atoms with Gasteiger partial charge in [0.2, 0.25) is 17.8 Å². The molecule has 4 aromatic rings. The number of amides is 1. The summed E-state index contributed by atoms with van der Waals surface area (Å²) in [4.78, 5) is 31.9. The van der Waals surface area contributed by atoms with Crippen LogP contribution < -0.4 is 10.2 Å². The summed E-state index contributed by atoms with van der Waals surface area (Å²) in [6.07, 6.45) is 3.55. The monoisotopic (exact) mass is 377 g/mol. The molecule has 0 unspecified atom stereocenters. The molecule has 0 saturated carbocycles. The molecule has 1 amide bonds. The maximum absolute atomic E-state index is 12.8. The van der Waals surface area contributed by atoms with E-state index in [1.54, 1.807) is 23.4 Å². The standard InChI is InChI=1S/C18H15N7OS/c26-15(10-12-11-27-17(21-12)23-16-19-6-3-7-20-16)25-9-8-24-14-5-2-1-4-13(14)22-18(24)25/h1-7,11H,8-10H2,(H,19,20,21,23). The van der Waals surface area contributed by atoms with E-state index in [1.807, 2.05) is 29.6 Å². The Balaban J connectivity index is 1.32. The second kappa shape index (κ2) is 6.44. The van der Waals surface area contributed by atoms with Crippen LogP contribution in [-0.4, -0.2) is 37.0 Å². The normalized spacial score (nSPS) is 13.1. The highest BCUT2D eigenvalue weighted by Crippen LogP contribution is 2.28. The van der Waals surface area contributed by atoms with Gasteiger partial charge in [-0.25, -0.2) is 19.9 Å². The number of nitrogens with one attached hydrogen (secondary N) is 1. The minimum atomic E-state index is -0.00290. The lowest BCUT2D eigenvalue weighted by Gasteiger charge is -2.12. The molecule has 4 heterocycles. The van der Waals surface area contributed by atoms with Crippen molar-refractivity contribution in [3.63, 3.8) is 0 Å². The summed E-state index contributed by atoms with van der Waals surface area (Å²) in [5, 5.41) is 5.59. The van der Waals surface area contributed by atoms with Gasteiger partial charge in [-0.2, -0.15) is 0 Å². The molecule has 134 valence electrons. The van der Waals surface area contributed by atoms with E-state index in [9.17, 15) is 4.79 Å². The number of para-hydroxylation sites is 2. The van der Waals surface area contributed by atoms with Crippen LogP contribution in [0, 0.1) is 0 Å². The van der Waals surface area contributed by atoms with E-state index in [1.165, 1.54) is 11.3 Å². The third kappa shape index (κ3) is 2.91. The maximum atomic E-state index is 12.8. The molecule has 0 radical (unpaired) electrons. The summed E-state index contributed by atoms with van der Waals surface area (Å²) in [6, 6.07) is 9.69. The number of hydrogen-bond acceptors (Lipinski definition) is 7. The highest BCUT2D eigenvalue weighted by atomic mass is 32.1. The number of carbonyl (C=O) groups is 1. The van der Waals surface area contributed by atoms with Gasteiger partial charge < -0.3 is 9.88 Å². The van der Waals surface area contributed by atoms with Crippen molar-refractivity contribution in [2.24, 2.45) is 0 Å². The van der Waals surface area contributed by atoms with Crippen molar-refractivity contribution >= 4 is 45.3 Å². The summed E-state index contributed by atoms with van der Waals surface area (Å²) in [5.74, 6) is 1.20. The van der Waals surface area contributed by atoms with E-state index >= 15 is 0 Å². The Morgan fingerprint density at radius 3 is 2.85 bits per heavy atom. The molecular formula is C18H15N7OS. The SMILES string of the molecule is O=C(Cc1csc(Nc2ncccn2)n1)N1CCn2c1nc1ccccc12. The number of aromatic nitrogens is 5. The first-order valence-electron chi connectivity index (χ1n) is 8.52. The molecule has 0 spiro atoms. The van der Waals surface area contributed by atoms with Crippen molar-refractivity contribution in [3.8, 4) is 0 Å². The predicted octanol–water partition coefficient (Wildman–Crippen LogP) is 2.62. The van der Waals surface area contributed by atoms with Gasteiger partial charge in [0.05, 0.1) is 23.1 Å². The second-order valence-corrected chi connectivity index (χ2v) is 6.97. The highest BCUT2D eigenvalue weighted by molar-refractivity contribution is 7.13. The van der Waals surface area contributed by atoms with Crippen LogP contribution in [-0.2, 0) is 17.8 Å². The first-order valence-corrected chi connectivity index (χ1v) is 9.40. The van der Waals surface area contributed by atoms with Gasteiger partial charge in [0.15, 0.2) is 5.13 Å². The lowest BCUT2D eigenvalue weighted by atomic mass is 10.3. The van der Waals surface area contributed by atoms with Crippen LogP contribution in [0.3, 0.4) is 0 Å². The van der Waals surface area contributed by atoms with Crippen LogP contribution in [0.2, 0.25) is 0 Å². The van der Waals surface area contributed by atoms with Crippen LogP contribution in [0.15, 0.2) is 48.1 Å². The minimum absolute atomic E-state index is 0.00290. The fraction of sp³-hybridized carbons (Fsp3) is 0.167. The second-order valence-electron chi connectivity index (χ2n) is 6.12. The molecule has 0 saturated heterocycles. The van der Waals surface area contributed by atoms with E-state index in [-0.39, 0.29) is 12.3 Å². The number of thiazole rings is 1. The molecule has 1 aromatic carbocycles. The molecule has 8 nitrogen and oxygen atoms in total. The fourth-order valence-corrected chi connectivity index (χ4v) is 3.88. The summed E-state index contributed by atoms with van der Waals surface area (Å²) in [5.41, 5.74) is 2.69. The molecular weight excluding hydrogens is 362 g/mol. The van der Waals surface area contributed by atoms with Crippen molar-refractivity contribution in [2.75, 3.05) is 16.8 Å². The van der Waals surface area contributed by atoms with Gasteiger partial charge in [0.1, 0.15) is 0 Å². The number of fused-ring (bicyclic) bond motifs is 3. The number of imidazole rings is 1. The van der Waals surface area contributed by atoms with Crippen molar-refractivity contribution in [1.82, 2.24) is 24.5 Å². The van der Waals surface area contributed by atoms with E-state index < -0.39 is 0 Å². The number of carbonyl (C=O) groups excluding carboxylic acids is 1. The molecule has 3 aromatic heterocycles. The molecule has 5 rings (SSSR count).